The molecule has 0 bridgehead atoms. The van der Waals surface area contributed by atoms with Crippen molar-refractivity contribution in [1.29, 1.82) is 0 Å². The maximum Gasteiger partial charge on any atom is 0.303 e. The fraction of sp³-hybridized carbons (Fsp3) is 0.500. The van der Waals surface area contributed by atoms with Gasteiger partial charge in [0.1, 0.15) is 11.9 Å². The summed E-state index contributed by atoms with van der Waals surface area (Å²) in [6, 6.07) is 14.2. The topological polar surface area (TPSA) is 113 Å². The molecule has 1 aliphatic rings. The van der Waals surface area contributed by atoms with Gasteiger partial charge in [-0.2, -0.15) is 0 Å². The Balaban J connectivity index is 1.89. The lowest BCUT2D eigenvalue weighted by atomic mass is 9.85. The van der Waals surface area contributed by atoms with Crippen molar-refractivity contribution in [3.05, 3.63) is 70.3 Å². The van der Waals surface area contributed by atoms with Gasteiger partial charge in [0.25, 0.3) is 0 Å². The van der Waals surface area contributed by atoms with Crippen LogP contribution in [0.25, 0.3) is 0 Å². The van der Waals surface area contributed by atoms with E-state index in [1.807, 2.05) is 25.1 Å². The third-order valence-corrected chi connectivity index (χ3v) is 8.23. The van der Waals surface area contributed by atoms with Crippen LogP contribution >= 0.6 is 0 Å². The molecule has 0 aliphatic carbocycles. The minimum Gasteiger partial charge on any atom is -0.458 e. The maximum absolute atomic E-state index is 12.7. The van der Waals surface area contributed by atoms with E-state index in [9.17, 15) is 22.8 Å². The molecule has 1 aliphatic heterocycles. The molecule has 0 spiro atoms. The number of esters is 2. The Kier molecular flexibility index (Phi) is 10.1. The van der Waals surface area contributed by atoms with Gasteiger partial charge in [0.15, 0.2) is 21.4 Å². The molecule has 5 atom stereocenters. The second-order valence-electron chi connectivity index (χ2n) is 10.5. The van der Waals surface area contributed by atoms with Crippen molar-refractivity contribution >= 4 is 27.6 Å². The fourth-order valence-electron chi connectivity index (χ4n) is 5.02. The van der Waals surface area contributed by atoms with Gasteiger partial charge in [-0.05, 0) is 60.9 Å². The SMILES string of the molecule is CC(=O)CCCc1ccc(Cc2cc([C@@H]3O[C@H](S(C)(=O)=O)[C@@H](OC(C)=O)[C@H](OC(C)=O)[C@H]3C)ccc2C)cc1. The van der Waals surface area contributed by atoms with E-state index in [0.29, 0.717) is 12.8 Å². The Labute approximate surface area is 231 Å². The lowest BCUT2D eigenvalue weighted by Gasteiger charge is -2.44. The number of ketones is 1. The first kappa shape index (κ1) is 30.5. The zero-order valence-corrected chi connectivity index (χ0v) is 24.2. The fourth-order valence-corrected chi connectivity index (χ4v) is 6.04. The third kappa shape index (κ3) is 8.22. The highest BCUT2D eigenvalue weighted by Gasteiger charge is 2.52. The average molecular weight is 559 g/mol. The highest BCUT2D eigenvalue weighted by atomic mass is 32.2. The quantitative estimate of drug-likeness (QED) is 0.394. The molecule has 0 amide bonds. The van der Waals surface area contributed by atoms with Crippen molar-refractivity contribution in [1.82, 2.24) is 0 Å². The number of sulfone groups is 1. The lowest BCUT2D eigenvalue weighted by molar-refractivity contribution is -0.209. The summed E-state index contributed by atoms with van der Waals surface area (Å²) in [5.41, 5.74) is 3.67. The van der Waals surface area contributed by atoms with Gasteiger partial charge < -0.3 is 19.0 Å². The van der Waals surface area contributed by atoms with Crippen LogP contribution < -0.4 is 0 Å². The second-order valence-corrected chi connectivity index (χ2v) is 12.6. The number of hydrogen-bond donors (Lipinski definition) is 0. The van der Waals surface area contributed by atoms with Crippen molar-refractivity contribution in [3.63, 3.8) is 0 Å². The van der Waals surface area contributed by atoms with Gasteiger partial charge in [-0.15, -0.1) is 0 Å². The van der Waals surface area contributed by atoms with E-state index in [0.717, 1.165) is 41.4 Å². The van der Waals surface area contributed by atoms with Gasteiger partial charge in [0, 0.05) is 32.4 Å². The summed E-state index contributed by atoms with van der Waals surface area (Å²) in [7, 11) is -3.85. The van der Waals surface area contributed by atoms with Gasteiger partial charge >= 0.3 is 11.9 Å². The van der Waals surface area contributed by atoms with Gasteiger partial charge in [-0.3, -0.25) is 9.59 Å². The normalized spacial score (nSPS) is 23.2. The minimum absolute atomic E-state index is 0.196. The molecule has 1 fully saturated rings. The summed E-state index contributed by atoms with van der Waals surface area (Å²) in [5, 5.41) is 0. The van der Waals surface area contributed by atoms with Crippen LogP contribution in [-0.2, 0) is 51.3 Å². The zero-order chi connectivity index (χ0) is 28.9. The van der Waals surface area contributed by atoms with Crippen molar-refractivity contribution in [2.24, 2.45) is 5.92 Å². The summed E-state index contributed by atoms with van der Waals surface area (Å²) >= 11 is 0. The molecule has 2 aromatic rings. The van der Waals surface area contributed by atoms with E-state index in [1.54, 1.807) is 13.8 Å². The number of Topliss-reactive ketones (excluding diaryl/α,β-unsaturated/α-hetero) is 1. The van der Waals surface area contributed by atoms with Crippen LogP contribution in [0.3, 0.4) is 0 Å². The van der Waals surface area contributed by atoms with E-state index >= 15 is 0 Å². The van der Waals surface area contributed by atoms with Crippen LogP contribution in [0.15, 0.2) is 42.5 Å². The van der Waals surface area contributed by atoms with Gasteiger partial charge in [-0.25, -0.2) is 8.42 Å². The molecular formula is C30H38O8S. The molecule has 0 saturated carbocycles. The largest absolute Gasteiger partial charge is 0.458 e. The molecular weight excluding hydrogens is 520 g/mol. The number of rotatable bonds is 10. The first-order valence-electron chi connectivity index (χ1n) is 13.1. The second kappa shape index (κ2) is 12.9. The van der Waals surface area contributed by atoms with Crippen LogP contribution in [0.5, 0.6) is 0 Å². The smallest absolute Gasteiger partial charge is 0.303 e. The molecule has 1 heterocycles. The van der Waals surface area contributed by atoms with Crippen molar-refractivity contribution < 1.29 is 37.0 Å². The summed E-state index contributed by atoms with van der Waals surface area (Å²) in [4.78, 5) is 34.9. The Morgan fingerprint density at radius 2 is 1.49 bits per heavy atom. The third-order valence-electron chi connectivity index (χ3n) is 7.01. The van der Waals surface area contributed by atoms with E-state index < -0.39 is 51.4 Å². The summed E-state index contributed by atoms with van der Waals surface area (Å²) in [5.74, 6) is -1.60. The molecule has 0 N–H and O–H groups in total. The molecule has 0 aromatic heterocycles. The van der Waals surface area contributed by atoms with Crippen molar-refractivity contribution in [3.8, 4) is 0 Å². The number of carbonyl (C=O) groups is 3. The van der Waals surface area contributed by atoms with Crippen molar-refractivity contribution in [2.45, 2.75) is 84.0 Å². The summed E-state index contributed by atoms with van der Waals surface area (Å²) < 4.78 is 42.4. The van der Waals surface area contributed by atoms with Gasteiger partial charge in [0.05, 0.1) is 6.10 Å². The zero-order valence-electron chi connectivity index (χ0n) is 23.4. The first-order chi connectivity index (χ1) is 18.3. The van der Waals surface area contributed by atoms with Crippen LogP contribution in [0.4, 0.5) is 0 Å². The monoisotopic (exact) mass is 558 g/mol. The van der Waals surface area contributed by atoms with Crippen LogP contribution in [0.2, 0.25) is 0 Å². The molecule has 39 heavy (non-hydrogen) atoms. The standard InChI is InChI=1S/C30H38O8S/c1-18-10-15-25(17-26(18)16-24-13-11-23(12-14-24)9-7-8-19(2)31)27-20(3)28(36-21(4)32)29(37-22(5)33)30(38-27)39(6,34)35/h10-15,17,20,27-30H,7-9,16H2,1-6H3/t20-,27+,28+,29-,30+/m0/s1. The van der Waals surface area contributed by atoms with Crippen LogP contribution in [0.1, 0.15) is 74.5 Å². The van der Waals surface area contributed by atoms with Crippen molar-refractivity contribution in [2.75, 3.05) is 6.26 Å². The van der Waals surface area contributed by atoms with Crippen LogP contribution in [-0.4, -0.2) is 50.0 Å². The minimum atomic E-state index is -3.85. The Morgan fingerprint density at radius 3 is 2.05 bits per heavy atom. The number of ether oxygens (including phenoxy) is 3. The average Bonchev–Trinajstić information content (AvgIpc) is 2.82. The van der Waals surface area contributed by atoms with E-state index in [-0.39, 0.29) is 5.78 Å². The van der Waals surface area contributed by atoms with Gasteiger partial charge in [0.2, 0.25) is 0 Å². The highest BCUT2D eigenvalue weighted by Crippen LogP contribution is 2.41. The lowest BCUT2D eigenvalue weighted by Crippen LogP contribution is -2.56. The Morgan fingerprint density at radius 1 is 0.897 bits per heavy atom. The maximum atomic E-state index is 12.7. The number of carbonyl (C=O) groups excluding carboxylic acids is 3. The van der Waals surface area contributed by atoms with E-state index in [1.165, 1.54) is 19.4 Å². The van der Waals surface area contributed by atoms with E-state index in [2.05, 4.69) is 24.3 Å². The number of benzene rings is 2. The first-order valence-corrected chi connectivity index (χ1v) is 15.1. The Bertz CT molecular complexity index is 1300. The highest BCUT2D eigenvalue weighted by molar-refractivity contribution is 7.91. The summed E-state index contributed by atoms with van der Waals surface area (Å²) in [6.07, 6.45) is 0.918. The Hall–Kier alpha value is -3.04. The molecule has 9 heteroatoms. The molecule has 0 unspecified atom stereocenters. The predicted molar refractivity (Wildman–Crippen MR) is 147 cm³/mol. The number of hydrogen-bond acceptors (Lipinski definition) is 8. The van der Waals surface area contributed by atoms with E-state index in [4.69, 9.17) is 14.2 Å². The molecule has 3 rings (SSSR count). The predicted octanol–water partition coefficient (Wildman–Crippen LogP) is 4.44. The molecule has 0 radical (unpaired) electrons. The molecule has 1 saturated heterocycles. The van der Waals surface area contributed by atoms with Crippen LogP contribution in [0, 0.1) is 12.8 Å². The number of aryl methyl sites for hydroxylation is 2. The molecule has 212 valence electrons. The van der Waals surface area contributed by atoms with Gasteiger partial charge in [-0.1, -0.05) is 49.4 Å². The molecule has 8 nitrogen and oxygen atoms in total. The summed E-state index contributed by atoms with van der Waals surface area (Å²) in [6.45, 7) is 7.81. The molecule has 2 aromatic carbocycles.